The molecule has 31 heavy (non-hydrogen) atoms. The van der Waals surface area contributed by atoms with Gasteiger partial charge >= 0.3 is 0 Å². The van der Waals surface area contributed by atoms with Gasteiger partial charge in [0.2, 0.25) is 5.16 Å². The molecular weight excluding hydrogens is 430 g/mol. The highest BCUT2D eigenvalue weighted by molar-refractivity contribution is 7.98. The van der Waals surface area contributed by atoms with Crippen molar-refractivity contribution in [2.45, 2.75) is 30.7 Å². The van der Waals surface area contributed by atoms with Crippen LogP contribution >= 0.6 is 23.1 Å². The molecule has 2 aromatic carbocycles. The number of thioether (sulfide) groups is 1. The number of tetrazole rings is 1. The number of rotatable bonds is 8. The van der Waals surface area contributed by atoms with E-state index in [9.17, 15) is 0 Å². The van der Waals surface area contributed by atoms with Gasteiger partial charge in [-0.15, -0.1) is 16.4 Å². The van der Waals surface area contributed by atoms with Crippen molar-refractivity contribution < 1.29 is 9.47 Å². The lowest BCUT2D eigenvalue weighted by molar-refractivity contribution is 0.395. The van der Waals surface area contributed by atoms with Gasteiger partial charge in [0.05, 0.1) is 31.2 Å². The Bertz CT molecular complexity index is 1150. The van der Waals surface area contributed by atoms with E-state index in [0.717, 1.165) is 38.6 Å². The first-order valence-corrected chi connectivity index (χ1v) is 11.6. The predicted octanol–water partition coefficient (Wildman–Crippen LogP) is 5.22. The molecule has 2 heterocycles. The summed E-state index contributed by atoms with van der Waals surface area (Å²) in [4.78, 5) is 4.78. The van der Waals surface area contributed by atoms with Crippen molar-refractivity contribution in [3.8, 4) is 27.8 Å². The molecule has 9 heteroatoms. The van der Waals surface area contributed by atoms with E-state index >= 15 is 0 Å². The summed E-state index contributed by atoms with van der Waals surface area (Å²) >= 11 is 3.14. The predicted molar refractivity (Wildman–Crippen MR) is 123 cm³/mol. The van der Waals surface area contributed by atoms with Crippen molar-refractivity contribution in [1.82, 2.24) is 25.2 Å². The van der Waals surface area contributed by atoms with E-state index in [-0.39, 0.29) is 0 Å². The van der Waals surface area contributed by atoms with Crippen LogP contribution in [0.25, 0.3) is 16.3 Å². The fraction of sp³-hybridized carbons (Fsp3) is 0.273. The third-order valence-corrected chi connectivity index (χ3v) is 6.66. The zero-order valence-corrected chi connectivity index (χ0v) is 19.4. The lowest BCUT2D eigenvalue weighted by Gasteiger charge is -2.08. The van der Waals surface area contributed by atoms with E-state index in [1.54, 1.807) is 42.0 Å². The Kier molecular flexibility index (Phi) is 6.53. The Labute approximate surface area is 189 Å². The molecule has 0 spiro atoms. The molecule has 4 rings (SSSR count). The van der Waals surface area contributed by atoms with Gasteiger partial charge in [0.15, 0.2) is 0 Å². The molecule has 0 radical (unpaired) electrons. The van der Waals surface area contributed by atoms with E-state index in [1.807, 2.05) is 30.3 Å². The first-order chi connectivity index (χ1) is 15.1. The summed E-state index contributed by atoms with van der Waals surface area (Å²) in [5, 5.41) is 15.9. The molecule has 0 aliphatic carbocycles. The second-order valence-electron chi connectivity index (χ2n) is 7.12. The van der Waals surface area contributed by atoms with Gasteiger partial charge in [-0.25, -0.2) is 4.98 Å². The van der Waals surface area contributed by atoms with Crippen molar-refractivity contribution in [2.75, 3.05) is 14.2 Å². The fourth-order valence-electron chi connectivity index (χ4n) is 3.04. The topological polar surface area (TPSA) is 75.0 Å². The van der Waals surface area contributed by atoms with Gasteiger partial charge in [0, 0.05) is 17.2 Å². The van der Waals surface area contributed by atoms with E-state index in [4.69, 9.17) is 14.5 Å². The van der Waals surface area contributed by atoms with Gasteiger partial charge in [0.25, 0.3) is 0 Å². The molecule has 2 aromatic heterocycles. The molecule has 160 valence electrons. The Morgan fingerprint density at radius 1 is 1.06 bits per heavy atom. The summed E-state index contributed by atoms with van der Waals surface area (Å²) in [6, 6.07) is 14.1. The standard InChI is InChI=1S/C22H23N5O2S2/c1-14(2)15-5-7-17(8-6-15)27-22(24-25-26-27)31-13-16-12-30-21(23-16)19-10-9-18(28-3)11-20(19)29-4/h5-12,14H,13H2,1-4H3. The maximum atomic E-state index is 5.51. The van der Waals surface area contributed by atoms with Crippen molar-refractivity contribution >= 4 is 23.1 Å². The second kappa shape index (κ2) is 9.49. The molecular formula is C22H23N5O2S2. The van der Waals surface area contributed by atoms with E-state index in [2.05, 4.69) is 46.9 Å². The van der Waals surface area contributed by atoms with Crippen LogP contribution in [0.2, 0.25) is 0 Å². The first-order valence-electron chi connectivity index (χ1n) is 9.77. The van der Waals surface area contributed by atoms with E-state index < -0.39 is 0 Å². The molecule has 0 atom stereocenters. The lowest BCUT2D eigenvalue weighted by atomic mass is 10.0. The van der Waals surface area contributed by atoms with Gasteiger partial charge in [-0.2, -0.15) is 4.68 Å². The summed E-state index contributed by atoms with van der Waals surface area (Å²) in [6.45, 7) is 4.36. The van der Waals surface area contributed by atoms with Crippen LogP contribution < -0.4 is 9.47 Å². The summed E-state index contributed by atoms with van der Waals surface area (Å²) in [6.07, 6.45) is 0. The number of hydrogen-bond acceptors (Lipinski definition) is 8. The van der Waals surface area contributed by atoms with Crippen molar-refractivity contribution in [1.29, 1.82) is 0 Å². The van der Waals surface area contributed by atoms with Crippen LogP contribution in [0.1, 0.15) is 31.0 Å². The normalized spacial score (nSPS) is 11.1. The Morgan fingerprint density at radius 3 is 2.58 bits per heavy atom. The zero-order chi connectivity index (χ0) is 21.8. The molecule has 0 saturated heterocycles. The Balaban J connectivity index is 1.48. The highest BCUT2D eigenvalue weighted by Gasteiger charge is 2.14. The third-order valence-electron chi connectivity index (χ3n) is 4.79. The molecule has 0 bridgehead atoms. The van der Waals surface area contributed by atoms with Crippen LogP contribution in [0.5, 0.6) is 11.5 Å². The van der Waals surface area contributed by atoms with E-state index in [1.165, 1.54) is 5.56 Å². The van der Waals surface area contributed by atoms with Gasteiger partial charge in [-0.1, -0.05) is 37.7 Å². The SMILES string of the molecule is COc1ccc(-c2nc(CSc3nnnn3-c3ccc(C(C)C)cc3)cs2)c(OC)c1. The van der Waals surface area contributed by atoms with Gasteiger partial charge in [-0.05, 0) is 46.2 Å². The molecule has 0 amide bonds. The van der Waals surface area contributed by atoms with Gasteiger partial charge < -0.3 is 9.47 Å². The number of hydrogen-bond donors (Lipinski definition) is 0. The van der Waals surface area contributed by atoms with Gasteiger partial charge in [0.1, 0.15) is 16.5 Å². The molecule has 0 aliphatic rings. The van der Waals surface area contributed by atoms with Crippen LogP contribution in [0, 0.1) is 0 Å². The van der Waals surface area contributed by atoms with E-state index in [0.29, 0.717) is 11.7 Å². The minimum Gasteiger partial charge on any atom is -0.497 e. The molecule has 0 N–H and O–H groups in total. The molecule has 0 unspecified atom stereocenters. The van der Waals surface area contributed by atoms with Crippen LogP contribution in [0.4, 0.5) is 0 Å². The smallest absolute Gasteiger partial charge is 0.214 e. The average molecular weight is 454 g/mol. The maximum absolute atomic E-state index is 5.51. The summed E-state index contributed by atoms with van der Waals surface area (Å²) in [7, 11) is 3.29. The average Bonchev–Trinajstić information content (AvgIpc) is 3.46. The highest BCUT2D eigenvalue weighted by atomic mass is 32.2. The van der Waals surface area contributed by atoms with Gasteiger partial charge in [-0.3, -0.25) is 0 Å². The minimum atomic E-state index is 0.486. The summed E-state index contributed by atoms with van der Waals surface area (Å²) in [5.41, 5.74) is 4.14. The van der Waals surface area contributed by atoms with Crippen molar-refractivity contribution in [3.05, 3.63) is 59.1 Å². The largest absolute Gasteiger partial charge is 0.497 e. The molecule has 4 aromatic rings. The summed E-state index contributed by atoms with van der Waals surface area (Å²) in [5.74, 6) is 2.64. The number of ether oxygens (including phenoxy) is 2. The molecule has 0 aliphatic heterocycles. The van der Waals surface area contributed by atoms with Crippen molar-refractivity contribution in [2.24, 2.45) is 0 Å². The van der Waals surface area contributed by atoms with Crippen LogP contribution in [-0.2, 0) is 5.75 Å². The second-order valence-corrected chi connectivity index (χ2v) is 8.92. The number of aromatic nitrogens is 5. The summed E-state index contributed by atoms with van der Waals surface area (Å²) < 4.78 is 12.5. The lowest BCUT2D eigenvalue weighted by Crippen LogP contribution is -2.00. The highest BCUT2D eigenvalue weighted by Crippen LogP contribution is 2.36. The quantitative estimate of drug-likeness (QED) is 0.339. The monoisotopic (exact) mass is 453 g/mol. The zero-order valence-electron chi connectivity index (χ0n) is 17.8. The number of benzene rings is 2. The molecule has 0 fully saturated rings. The first kappa shape index (κ1) is 21.3. The fourth-order valence-corrected chi connectivity index (χ4v) is 4.78. The van der Waals surface area contributed by atoms with Crippen LogP contribution in [0.3, 0.4) is 0 Å². The molecule has 7 nitrogen and oxygen atoms in total. The van der Waals surface area contributed by atoms with Crippen LogP contribution in [0.15, 0.2) is 53.0 Å². The Morgan fingerprint density at radius 2 is 1.87 bits per heavy atom. The van der Waals surface area contributed by atoms with Crippen LogP contribution in [-0.4, -0.2) is 39.4 Å². The minimum absolute atomic E-state index is 0.486. The Hall–Kier alpha value is -2.91. The number of methoxy groups -OCH3 is 2. The molecule has 0 saturated carbocycles. The number of thiazole rings is 1. The van der Waals surface area contributed by atoms with Crippen molar-refractivity contribution in [3.63, 3.8) is 0 Å². The third kappa shape index (κ3) is 4.72. The maximum Gasteiger partial charge on any atom is 0.214 e. The number of nitrogens with zero attached hydrogens (tertiary/aromatic N) is 5.